The Morgan fingerprint density at radius 1 is 0.667 bits per heavy atom. The monoisotopic (exact) mass is 317 g/mol. The fraction of sp³-hybridized carbons (Fsp3) is 0.182. The van der Waals surface area contributed by atoms with E-state index in [2.05, 4.69) is 12.1 Å². The molecule has 3 aromatic carbocycles. The first-order valence-electron chi connectivity index (χ1n) is 8.33. The number of nitrogens with two attached hydrogens (primary N) is 1. The molecule has 3 N–H and O–H groups in total. The first-order valence-corrected chi connectivity index (χ1v) is 8.33. The molecule has 0 aliphatic heterocycles. The smallest absolute Gasteiger partial charge is 0.0839 e. The predicted molar refractivity (Wildman–Crippen MR) is 98.4 cm³/mol. The average molecular weight is 317 g/mol. The van der Waals surface area contributed by atoms with Crippen LogP contribution in [0.5, 0.6) is 0 Å². The molecule has 0 radical (unpaired) electrons. The van der Waals surface area contributed by atoms with Crippen molar-refractivity contribution in [2.45, 2.75) is 18.6 Å². The highest BCUT2D eigenvalue weighted by Crippen LogP contribution is 2.34. The minimum Gasteiger partial charge on any atom is -0.388 e. The maximum Gasteiger partial charge on any atom is 0.0839 e. The molecule has 0 saturated heterocycles. The van der Waals surface area contributed by atoms with E-state index in [1.165, 1.54) is 5.56 Å². The molecule has 0 fully saturated rings. The number of benzene rings is 3. The molecule has 0 spiro atoms. The lowest BCUT2D eigenvalue weighted by Gasteiger charge is -2.29. The van der Waals surface area contributed by atoms with Gasteiger partial charge in [-0.15, -0.1) is 0 Å². The molecule has 3 aromatic rings. The van der Waals surface area contributed by atoms with E-state index < -0.39 is 6.10 Å². The van der Waals surface area contributed by atoms with Crippen LogP contribution in [0, 0.1) is 5.92 Å². The van der Waals surface area contributed by atoms with E-state index in [9.17, 15) is 5.11 Å². The fourth-order valence-corrected chi connectivity index (χ4v) is 3.14. The molecule has 3 rings (SSSR count). The summed E-state index contributed by atoms with van der Waals surface area (Å²) < 4.78 is 0. The highest BCUT2D eigenvalue weighted by molar-refractivity contribution is 5.25. The third-order valence-corrected chi connectivity index (χ3v) is 4.51. The molecular weight excluding hydrogens is 294 g/mol. The second kappa shape index (κ2) is 7.91. The van der Waals surface area contributed by atoms with Crippen LogP contribution in [-0.2, 0) is 6.42 Å². The Hall–Kier alpha value is -2.42. The summed E-state index contributed by atoms with van der Waals surface area (Å²) in [5, 5.41) is 11.0. The van der Waals surface area contributed by atoms with E-state index >= 15 is 0 Å². The minimum absolute atomic E-state index is 0.0998. The molecule has 0 saturated carbocycles. The van der Waals surface area contributed by atoms with Crippen molar-refractivity contribution in [2.24, 2.45) is 11.7 Å². The van der Waals surface area contributed by atoms with Gasteiger partial charge >= 0.3 is 0 Å². The lowest BCUT2D eigenvalue weighted by Crippen LogP contribution is -2.29. The van der Waals surface area contributed by atoms with Crippen molar-refractivity contribution in [1.29, 1.82) is 0 Å². The van der Waals surface area contributed by atoms with Gasteiger partial charge in [-0.05, 0) is 23.1 Å². The number of aliphatic hydroxyl groups excluding tert-OH is 1. The minimum atomic E-state index is -0.610. The van der Waals surface area contributed by atoms with E-state index in [1.54, 1.807) is 0 Å². The van der Waals surface area contributed by atoms with Crippen LogP contribution in [0.25, 0.3) is 0 Å². The van der Waals surface area contributed by atoms with Gasteiger partial charge in [-0.25, -0.2) is 0 Å². The molecule has 122 valence electrons. The molecule has 2 heteroatoms. The van der Waals surface area contributed by atoms with Gasteiger partial charge in [0.25, 0.3) is 0 Å². The van der Waals surface area contributed by atoms with E-state index in [4.69, 9.17) is 5.73 Å². The van der Waals surface area contributed by atoms with Gasteiger partial charge in [0.2, 0.25) is 0 Å². The Morgan fingerprint density at radius 2 is 1.12 bits per heavy atom. The topological polar surface area (TPSA) is 46.2 Å². The second-order valence-corrected chi connectivity index (χ2v) is 6.15. The van der Waals surface area contributed by atoms with Crippen LogP contribution >= 0.6 is 0 Å². The average Bonchev–Trinajstić information content (AvgIpc) is 2.67. The Labute approximate surface area is 143 Å². The summed E-state index contributed by atoms with van der Waals surface area (Å²) in [5.41, 5.74) is 9.71. The Morgan fingerprint density at radius 3 is 1.67 bits per heavy atom. The highest BCUT2D eigenvalue weighted by Gasteiger charge is 2.28. The molecule has 0 aromatic heterocycles. The summed E-state index contributed by atoms with van der Waals surface area (Å²) in [4.78, 5) is 0. The van der Waals surface area contributed by atoms with Crippen LogP contribution in [0.2, 0.25) is 0 Å². The van der Waals surface area contributed by atoms with E-state index in [-0.39, 0.29) is 12.0 Å². The Kier molecular flexibility index (Phi) is 5.42. The molecule has 0 aliphatic carbocycles. The van der Waals surface area contributed by atoms with Crippen LogP contribution in [0.4, 0.5) is 0 Å². The lowest BCUT2D eigenvalue weighted by atomic mass is 9.82. The SMILES string of the molecule is N[C@@H](c1ccccc1)[C@@H](Cc1ccccc1)[C@@H](O)c1ccccc1. The van der Waals surface area contributed by atoms with Gasteiger partial charge in [-0.3, -0.25) is 0 Å². The first-order chi connectivity index (χ1) is 11.8. The standard InChI is InChI=1S/C22H23NO/c23-21(18-12-6-2-7-13-18)20(16-17-10-4-1-5-11-17)22(24)19-14-8-3-9-15-19/h1-15,20-22,24H,16,23H2/t20-,21+,22+/m1/s1. The van der Waals surface area contributed by atoms with Gasteiger partial charge in [0.15, 0.2) is 0 Å². The van der Waals surface area contributed by atoms with Gasteiger partial charge in [0.1, 0.15) is 0 Å². The van der Waals surface area contributed by atoms with Crippen molar-refractivity contribution < 1.29 is 5.11 Å². The summed E-state index contributed by atoms with van der Waals surface area (Å²) in [6.07, 6.45) is 0.120. The van der Waals surface area contributed by atoms with Crippen molar-refractivity contribution in [3.8, 4) is 0 Å². The molecule has 24 heavy (non-hydrogen) atoms. The van der Waals surface area contributed by atoms with E-state index in [0.717, 1.165) is 17.5 Å². The van der Waals surface area contributed by atoms with Gasteiger partial charge in [0, 0.05) is 12.0 Å². The maximum atomic E-state index is 11.0. The van der Waals surface area contributed by atoms with Crippen LogP contribution in [-0.4, -0.2) is 5.11 Å². The predicted octanol–water partition coefficient (Wildman–Crippen LogP) is 4.28. The zero-order valence-electron chi connectivity index (χ0n) is 13.6. The van der Waals surface area contributed by atoms with Gasteiger partial charge in [0.05, 0.1) is 6.10 Å². The maximum absolute atomic E-state index is 11.0. The summed E-state index contributed by atoms with van der Waals surface area (Å²) in [5.74, 6) is -0.0998. The van der Waals surface area contributed by atoms with Gasteiger partial charge in [-0.1, -0.05) is 91.0 Å². The Balaban J connectivity index is 1.91. The summed E-state index contributed by atoms with van der Waals surface area (Å²) >= 11 is 0. The second-order valence-electron chi connectivity index (χ2n) is 6.15. The normalized spacial score (nSPS) is 14.8. The molecule has 0 aliphatic rings. The summed E-state index contributed by atoms with van der Waals surface area (Å²) in [6, 6.07) is 29.8. The van der Waals surface area contributed by atoms with Crippen LogP contribution in [0.15, 0.2) is 91.0 Å². The molecule has 0 unspecified atom stereocenters. The van der Waals surface area contributed by atoms with Crippen molar-refractivity contribution in [3.63, 3.8) is 0 Å². The van der Waals surface area contributed by atoms with Crippen molar-refractivity contribution in [3.05, 3.63) is 108 Å². The van der Waals surface area contributed by atoms with Crippen molar-refractivity contribution in [1.82, 2.24) is 0 Å². The summed E-state index contributed by atoms with van der Waals surface area (Å²) in [6.45, 7) is 0. The molecule has 2 nitrogen and oxygen atoms in total. The largest absolute Gasteiger partial charge is 0.388 e. The molecule has 3 atom stereocenters. The first kappa shape index (κ1) is 16.4. The zero-order chi connectivity index (χ0) is 16.8. The van der Waals surface area contributed by atoms with Crippen LogP contribution in [0.1, 0.15) is 28.8 Å². The van der Waals surface area contributed by atoms with Gasteiger partial charge in [-0.2, -0.15) is 0 Å². The number of hydrogen-bond donors (Lipinski definition) is 2. The number of hydrogen-bond acceptors (Lipinski definition) is 2. The van der Waals surface area contributed by atoms with E-state index in [0.29, 0.717) is 0 Å². The quantitative estimate of drug-likeness (QED) is 0.713. The molecular formula is C22H23NO. The highest BCUT2D eigenvalue weighted by atomic mass is 16.3. The van der Waals surface area contributed by atoms with Crippen LogP contribution in [0.3, 0.4) is 0 Å². The van der Waals surface area contributed by atoms with Crippen LogP contribution < -0.4 is 5.73 Å². The third kappa shape index (κ3) is 3.91. The van der Waals surface area contributed by atoms with Crippen molar-refractivity contribution in [2.75, 3.05) is 0 Å². The third-order valence-electron chi connectivity index (χ3n) is 4.51. The lowest BCUT2D eigenvalue weighted by molar-refractivity contribution is 0.0921. The molecule has 0 heterocycles. The van der Waals surface area contributed by atoms with Gasteiger partial charge < -0.3 is 10.8 Å². The fourth-order valence-electron chi connectivity index (χ4n) is 3.14. The Bertz CT molecular complexity index is 682. The van der Waals surface area contributed by atoms with Crippen molar-refractivity contribution >= 4 is 0 Å². The number of rotatable bonds is 6. The zero-order valence-corrected chi connectivity index (χ0v) is 13.6. The summed E-state index contributed by atoms with van der Waals surface area (Å²) in [7, 11) is 0. The number of aliphatic hydroxyl groups is 1. The van der Waals surface area contributed by atoms with E-state index in [1.807, 2.05) is 78.9 Å². The molecule has 0 bridgehead atoms. The molecule has 0 amide bonds.